The number of hydrogen-bond acceptors (Lipinski definition) is 5. The average molecular weight is 342 g/mol. The molecule has 6 heteroatoms. The third kappa shape index (κ3) is 8.66. The maximum absolute atomic E-state index is 11.7. The highest BCUT2D eigenvalue weighted by atomic mass is 16.6. The second kappa shape index (κ2) is 13.2. The van der Waals surface area contributed by atoms with Gasteiger partial charge in [-0.25, -0.2) is 4.79 Å². The van der Waals surface area contributed by atoms with Crippen LogP contribution in [0.15, 0.2) is 12.7 Å². The zero-order valence-electron chi connectivity index (χ0n) is 15.0. The summed E-state index contributed by atoms with van der Waals surface area (Å²) < 4.78 is 15.9. The van der Waals surface area contributed by atoms with Crippen molar-refractivity contribution in [3.8, 4) is 0 Å². The van der Waals surface area contributed by atoms with Gasteiger partial charge in [0.25, 0.3) is 0 Å². The molecular formula is C18H34N2O4. The molecule has 6 nitrogen and oxygen atoms in total. The first kappa shape index (κ1) is 20.9. The van der Waals surface area contributed by atoms with Gasteiger partial charge >= 0.3 is 6.09 Å². The summed E-state index contributed by atoms with van der Waals surface area (Å²) in [5, 5.41) is 2.71. The summed E-state index contributed by atoms with van der Waals surface area (Å²) in [6.45, 7) is 9.48. The van der Waals surface area contributed by atoms with Crippen molar-refractivity contribution in [2.75, 3.05) is 46.1 Å². The molecule has 24 heavy (non-hydrogen) atoms. The van der Waals surface area contributed by atoms with Gasteiger partial charge in [0.05, 0.1) is 33.0 Å². The second-order valence-electron chi connectivity index (χ2n) is 6.18. The number of amides is 1. The largest absolute Gasteiger partial charge is 0.449 e. The van der Waals surface area contributed by atoms with Crippen LogP contribution in [0.5, 0.6) is 0 Å². The van der Waals surface area contributed by atoms with Gasteiger partial charge in [0.15, 0.2) is 0 Å². The first-order chi connectivity index (χ1) is 11.7. The molecule has 1 saturated carbocycles. The lowest BCUT2D eigenvalue weighted by Gasteiger charge is -2.08. The van der Waals surface area contributed by atoms with Crippen molar-refractivity contribution < 1.29 is 19.0 Å². The summed E-state index contributed by atoms with van der Waals surface area (Å²) >= 11 is 0. The van der Waals surface area contributed by atoms with Gasteiger partial charge in [-0.2, -0.15) is 0 Å². The number of alkyl carbamates (subject to hydrolysis) is 1. The fourth-order valence-electron chi connectivity index (χ4n) is 3.13. The van der Waals surface area contributed by atoms with E-state index in [1.807, 2.05) is 6.08 Å². The summed E-state index contributed by atoms with van der Waals surface area (Å²) in [6, 6.07) is 0. The van der Waals surface area contributed by atoms with Crippen LogP contribution in [0, 0.1) is 17.8 Å². The van der Waals surface area contributed by atoms with Crippen LogP contribution >= 0.6 is 0 Å². The maximum Gasteiger partial charge on any atom is 0.407 e. The Balaban J connectivity index is 2.01. The van der Waals surface area contributed by atoms with Gasteiger partial charge in [0, 0.05) is 13.1 Å². The molecule has 3 atom stereocenters. The molecule has 0 aromatic heterocycles. The van der Waals surface area contributed by atoms with Crippen LogP contribution in [-0.4, -0.2) is 52.2 Å². The zero-order chi connectivity index (χ0) is 17.6. The molecule has 0 aromatic rings. The third-order valence-electron chi connectivity index (χ3n) is 4.39. The van der Waals surface area contributed by atoms with Gasteiger partial charge in [-0.3, -0.25) is 0 Å². The van der Waals surface area contributed by atoms with Crippen LogP contribution in [0.3, 0.4) is 0 Å². The summed E-state index contributed by atoms with van der Waals surface area (Å²) in [6.07, 6.45) is 6.21. The van der Waals surface area contributed by atoms with E-state index in [1.165, 1.54) is 12.8 Å². The first-order valence-corrected chi connectivity index (χ1v) is 9.11. The van der Waals surface area contributed by atoms with Crippen molar-refractivity contribution in [2.45, 2.75) is 32.6 Å². The Labute approximate surface area is 146 Å². The molecule has 0 aromatic carbocycles. The number of allylic oxidation sites excluding steroid dienone is 1. The van der Waals surface area contributed by atoms with Gasteiger partial charge in [0.1, 0.15) is 0 Å². The van der Waals surface area contributed by atoms with Crippen molar-refractivity contribution in [1.29, 1.82) is 0 Å². The molecule has 1 aliphatic rings. The summed E-state index contributed by atoms with van der Waals surface area (Å²) in [5.74, 6) is 1.92. The molecule has 0 spiro atoms. The monoisotopic (exact) mass is 342 g/mol. The Hall–Kier alpha value is -1.11. The minimum Gasteiger partial charge on any atom is -0.449 e. The summed E-state index contributed by atoms with van der Waals surface area (Å²) in [7, 11) is 0. The van der Waals surface area contributed by atoms with E-state index in [-0.39, 0.29) is 6.09 Å². The van der Waals surface area contributed by atoms with Gasteiger partial charge < -0.3 is 25.3 Å². The van der Waals surface area contributed by atoms with E-state index < -0.39 is 0 Å². The van der Waals surface area contributed by atoms with Crippen molar-refractivity contribution in [1.82, 2.24) is 5.32 Å². The normalized spacial score (nSPS) is 22.2. The lowest BCUT2D eigenvalue weighted by molar-refractivity contribution is 0.0511. The number of nitrogens with two attached hydrogens (primary N) is 1. The van der Waals surface area contributed by atoms with E-state index in [0.29, 0.717) is 63.9 Å². The molecule has 140 valence electrons. The van der Waals surface area contributed by atoms with Crippen LogP contribution in [0.2, 0.25) is 0 Å². The molecule has 1 aliphatic carbocycles. The molecule has 0 heterocycles. The number of rotatable bonds is 15. The molecule has 0 saturated heterocycles. The van der Waals surface area contributed by atoms with E-state index in [2.05, 4.69) is 18.8 Å². The number of nitrogens with one attached hydrogen (secondary N) is 1. The van der Waals surface area contributed by atoms with Gasteiger partial charge in [0.2, 0.25) is 0 Å². The van der Waals surface area contributed by atoms with E-state index in [9.17, 15) is 4.79 Å². The van der Waals surface area contributed by atoms with Crippen LogP contribution in [-0.2, 0) is 14.2 Å². The Bertz CT molecular complexity index is 352. The first-order valence-electron chi connectivity index (χ1n) is 9.11. The van der Waals surface area contributed by atoms with E-state index in [4.69, 9.17) is 19.9 Å². The Kier molecular flexibility index (Phi) is 11.5. The highest BCUT2D eigenvalue weighted by Crippen LogP contribution is 2.52. The maximum atomic E-state index is 11.7. The summed E-state index contributed by atoms with van der Waals surface area (Å²) in [5.41, 5.74) is 5.30. The number of carbonyl (C=O) groups excluding carboxylic acids is 1. The predicted octanol–water partition coefficient (Wildman–Crippen LogP) is 2.33. The van der Waals surface area contributed by atoms with Crippen LogP contribution in [0.25, 0.3) is 0 Å². The van der Waals surface area contributed by atoms with E-state index >= 15 is 0 Å². The highest BCUT2D eigenvalue weighted by molar-refractivity contribution is 5.67. The number of carbonyl (C=O) groups is 1. The van der Waals surface area contributed by atoms with Crippen molar-refractivity contribution >= 4 is 6.09 Å². The second-order valence-corrected chi connectivity index (χ2v) is 6.18. The SMILES string of the molecule is C=CCC[C@H]1C(COC(=O)NCCOCCOCCN)[C@H]1CCC. The van der Waals surface area contributed by atoms with Gasteiger partial charge in [-0.05, 0) is 30.6 Å². The topological polar surface area (TPSA) is 82.8 Å². The minimum absolute atomic E-state index is 0.359. The minimum atomic E-state index is -0.359. The quantitative estimate of drug-likeness (QED) is 0.352. The molecular weight excluding hydrogens is 308 g/mol. The molecule has 1 rings (SSSR count). The van der Waals surface area contributed by atoms with Crippen LogP contribution in [0.4, 0.5) is 4.79 Å². The summed E-state index contributed by atoms with van der Waals surface area (Å²) in [4.78, 5) is 11.7. The van der Waals surface area contributed by atoms with E-state index in [0.717, 1.165) is 12.8 Å². The lowest BCUT2D eigenvalue weighted by Crippen LogP contribution is -2.29. The molecule has 0 radical (unpaired) electrons. The Morgan fingerprint density at radius 3 is 2.50 bits per heavy atom. The average Bonchev–Trinajstić information content (AvgIpc) is 3.25. The van der Waals surface area contributed by atoms with E-state index in [1.54, 1.807) is 0 Å². The molecule has 0 bridgehead atoms. The van der Waals surface area contributed by atoms with Gasteiger partial charge in [-0.1, -0.05) is 25.8 Å². The van der Waals surface area contributed by atoms with Gasteiger partial charge in [-0.15, -0.1) is 6.58 Å². The highest BCUT2D eigenvalue weighted by Gasteiger charge is 2.48. The van der Waals surface area contributed by atoms with Crippen LogP contribution < -0.4 is 11.1 Å². The fraction of sp³-hybridized carbons (Fsp3) is 0.833. The molecule has 1 amide bonds. The smallest absolute Gasteiger partial charge is 0.407 e. The number of ether oxygens (including phenoxy) is 3. The van der Waals surface area contributed by atoms with Crippen molar-refractivity contribution in [2.24, 2.45) is 23.5 Å². The molecule has 3 N–H and O–H groups in total. The Morgan fingerprint density at radius 2 is 1.83 bits per heavy atom. The molecule has 1 fully saturated rings. The van der Waals surface area contributed by atoms with Crippen LogP contribution in [0.1, 0.15) is 32.6 Å². The Morgan fingerprint density at radius 1 is 1.12 bits per heavy atom. The molecule has 1 unspecified atom stereocenters. The standard InChI is InChI=1S/C18H34N2O4/c1-3-5-7-16-15(6-4-2)17(16)14-24-18(21)20-9-11-23-13-12-22-10-8-19/h3,15-17H,1,4-14,19H2,2H3,(H,20,21)/t15-,16+,17?/m0/s1. The molecule has 0 aliphatic heterocycles. The predicted molar refractivity (Wildman–Crippen MR) is 94.9 cm³/mol. The zero-order valence-corrected chi connectivity index (χ0v) is 15.0. The third-order valence-corrected chi connectivity index (χ3v) is 4.39. The van der Waals surface area contributed by atoms with Crippen molar-refractivity contribution in [3.05, 3.63) is 12.7 Å². The number of hydrogen-bond donors (Lipinski definition) is 2. The lowest BCUT2D eigenvalue weighted by atomic mass is 10.1. The van der Waals surface area contributed by atoms with Crippen molar-refractivity contribution in [3.63, 3.8) is 0 Å². The fourth-order valence-corrected chi connectivity index (χ4v) is 3.13.